The van der Waals surface area contributed by atoms with Gasteiger partial charge in [0, 0.05) is 44.2 Å². The molecule has 0 atom stereocenters. The van der Waals surface area contributed by atoms with Crippen LogP contribution in [-0.2, 0) is 12.8 Å². The lowest BCUT2D eigenvalue weighted by atomic mass is 9.91. The second-order valence-corrected chi connectivity index (χ2v) is 11.0. The Balaban J connectivity index is 1.50. The van der Waals surface area contributed by atoms with Crippen molar-refractivity contribution in [3.05, 3.63) is 120 Å². The van der Waals surface area contributed by atoms with Gasteiger partial charge in [-0.25, -0.2) is 0 Å². The molecule has 40 heavy (non-hydrogen) atoms. The maximum absolute atomic E-state index is 6.91. The smallest absolute Gasteiger partial charge is 0.0760 e. The normalized spacial score (nSPS) is 14.8. The van der Waals surface area contributed by atoms with Crippen molar-refractivity contribution in [2.45, 2.75) is 25.7 Å². The summed E-state index contributed by atoms with van der Waals surface area (Å²) < 4.78 is 6.91. The highest BCUT2D eigenvalue weighted by Crippen LogP contribution is 2.48. The molecule has 0 saturated heterocycles. The highest BCUT2D eigenvalue weighted by atomic mass is 15.3. The number of aromatic nitrogens is 3. The van der Waals surface area contributed by atoms with Crippen LogP contribution in [0.5, 0.6) is 0 Å². The summed E-state index contributed by atoms with van der Waals surface area (Å²) in [4.78, 5) is 0. The zero-order chi connectivity index (χ0) is 26.4. The summed E-state index contributed by atoms with van der Waals surface area (Å²) in [7, 11) is 0. The number of benzene rings is 4. The molecule has 2 N–H and O–H groups in total. The fraction of sp³-hybridized carbons (Fsp3) is 0.111. The molecule has 9 rings (SSSR count). The van der Waals surface area contributed by atoms with Crippen LogP contribution >= 0.6 is 0 Å². The third-order valence-electron chi connectivity index (χ3n) is 8.97. The molecule has 0 amide bonds. The summed E-state index contributed by atoms with van der Waals surface area (Å²) in [6, 6.07) is 32.9. The average molecular weight is 517 g/mol. The molecule has 0 spiro atoms. The number of fused-ring (bicyclic) bond motifs is 11. The summed E-state index contributed by atoms with van der Waals surface area (Å²) in [5, 5.41) is 5.11. The minimum absolute atomic E-state index is 0.966. The van der Waals surface area contributed by atoms with E-state index in [1.807, 2.05) is 4.68 Å². The second kappa shape index (κ2) is 8.03. The number of allylic oxidation sites excluding steroid dienone is 4. The van der Waals surface area contributed by atoms with Gasteiger partial charge in [-0.2, -0.15) is 0 Å². The zero-order valence-electron chi connectivity index (χ0n) is 22.1. The molecule has 0 bridgehead atoms. The minimum atomic E-state index is 0.966. The quantitative estimate of drug-likeness (QED) is 0.230. The van der Waals surface area contributed by atoms with Crippen LogP contribution in [0.15, 0.2) is 109 Å². The molecule has 0 aliphatic heterocycles. The van der Waals surface area contributed by atoms with Gasteiger partial charge in [0.2, 0.25) is 0 Å². The third-order valence-corrected chi connectivity index (χ3v) is 8.97. The predicted octanol–water partition coefficient (Wildman–Crippen LogP) is 8.36. The fourth-order valence-corrected chi connectivity index (χ4v) is 7.39. The first kappa shape index (κ1) is 21.9. The molecule has 3 heterocycles. The molecule has 0 fully saturated rings. The van der Waals surface area contributed by atoms with E-state index in [1.165, 1.54) is 66.3 Å². The lowest BCUT2D eigenvalue weighted by Crippen LogP contribution is -2.14. The van der Waals surface area contributed by atoms with Gasteiger partial charge in [0.15, 0.2) is 0 Å². The first-order valence-electron chi connectivity index (χ1n) is 14.2. The average Bonchev–Trinajstić information content (AvgIpc) is 3.63. The lowest BCUT2D eigenvalue weighted by molar-refractivity contribution is 0.860. The molecule has 4 nitrogen and oxygen atoms in total. The molecule has 7 aromatic rings. The van der Waals surface area contributed by atoms with Gasteiger partial charge in [0.25, 0.3) is 0 Å². The first-order chi connectivity index (χ1) is 19.8. The van der Waals surface area contributed by atoms with Crippen LogP contribution in [0.2, 0.25) is 0 Å². The molecule has 3 aromatic heterocycles. The summed E-state index contributed by atoms with van der Waals surface area (Å²) in [6.07, 6.45) is 11.1. The lowest BCUT2D eigenvalue weighted by Gasteiger charge is -2.18. The SMILES string of the molecule is Nn1c2c(c3ccccc31)CCc1c-2c2ccc3c(c4ccccc4n3C3=CCCC=C3)c2n1-c1ccccc1. The van der Waals surface area contributed by atoms with Gasteiger partial charge < -0.3 is 15.0 Å². The Bertz CT molecular complexity index is 2220. The van der Waals surface area contributed by atoms with Crippen molar-refractivity contribution in [3.63, 3.8) is 0 Å². The zero-order valence-corrected chi connectivity index (χ0v) is 22.1. The van der Waals surface area contributed by atoms with Crippen LogP contribution in [0.3, 0.4) is 0 Å². The van der Waals surface area contributed by atoms with Gasteiger partial charge in [-0.15, -0.1) is 0 Å². The molecule has 0 saturated carbocycles. The Morgan fingerprint density at radius 3 is 2.23 bits per heavy atom. The molecule has 2 aliphatic carbocycles. The fourth-order valence-electron chi connectivity index (χ4n) is 7.39. The van der Waals surface area contributed by atoms with Crippen molar-refractivity contribution in [1.29, 1.82) is 0 Å². The van der Waals surface area contributed by atoms with Crippen molar-refractivity contribution in [3.8, 4) is 16.9 Å². The molecule has 2 aliphatic rings. The maximum Gasteiger partial charge on any atom is 0.0760 e. The number of aryl methyl sites for hydroxylation is 1. The van der Waals surface area contributed by atoms with E-state index >= 15 is 0 Å². The second-order valence-electron chi connectivity index (χ2n) is 11.0. The number of nitrogens with zero attached hydrogens (tertiary/aromatic N) is 3. The highest BCUT2D eigenvalue weighted by Gasteiger charge is 2.31. The van der Waals surface area contributed by atoms with Gasteiger partial charge in [-0.05, 0) is 73.7 Å². The highest BCUT2D eigenvalue weighted by molar-refractivity contribution is 6.24. The number of hydrogen-bond acceptors (Lipinski definition) is 1. The summed E-state index contributed by atoms with van der Waals surface area (Å²) in [5.74, 6) is 6.91. The Morgan fingerprint density at radius 1 is 0.625 bits per heavy atom. The van der Waals surface area contributed by atoms with Crippen molar-refractivity contribution in [1.82, 2.24) is 13.8 Å². The van der Waals surface area contributed by atoms with Crippen LogP contribution in [0.4, 0.5) is 0 Å². The first-order valence-corrected chi connectivity index (χ1v) is 14.2. The number of para-hydroxylation sites is 3. The van der Waals surface area contributed by atoms with Crippen molar-refractivity contribution in [2.75, 3.05) is 5.84 Å². The maximum atomic E-state index is 6.91. The van der Waals surface area contributed by atoms with E-state index in [0.29, 0.717) is 0 Å². The Kier molecular flexibility index (Phi) is 4.40. The van der Waals surface area contributed by atoms with E-state index in [2.05, 4.69) is 118 Å². The van der Waals surface area contributed by atoms with Crippen molar-refractivity contribution >= 4 is 49.3 Å². The van der Waals surface area contributed by atoms with E-state index in [4.69, 9.17) is 5.84 Å². The number of nitrogens with two attached hydrogens (primary N) is 1. The molecular formula is C36H28N4. The number of rotatable bonds is 2. The van der Waals surface area contributed by atoms with E-state index < -0.39 is 0 Å². The Hall–Kier alpha value is -4.96. The standard InChI is InChI=1S/C36H28N4/c37-40-30-18-10-7-15-25(30)26-19-21-32-34(36(26)40)28-20-22-31-33(35(28)39(32)24-13-5-2-6-14-24)27-16-8-9-17-29(27)38(31)23-11-3-1-4-12-23/h2-3,5-18,20,22H,1,4,19,21,37H2. The largest absolute Gasteiger partial charge is 0.339 e. The van der Waals surface area contributed by atoms with Gasteiger partial charge in [-0.3, -0.25) is 4.68 Å². The summed E-state index contributed by atoms with van der Waals surface area (Å²) >= 11 is 0. The van der Waals surface area contributed by atoms with Crippen LogP contribution in [0.25, 0.3) is 66.3 Å². The van der Waals surface area contributed by atoms with E-state index in [1.54, 1.807) is 0 Å². The van der Waals surface area contributed by atoms with Gasteiger partial charge in [0.05, 0.1) is 27.8 Å². The minimum Gasteiger partial charge on any atom is -0.339 e. The van der Waals surface area contributed by atoms with Crippen LogP contribution < -0.4 is 5.84 Å². The van der Waals surface area contributed by atoms with E-state index in [0.717, 1.165) is 36.9 Å². The molecule has 4 heteroatoms. The van der Waals surface area contributed by atoms with Crippen LogP contribution in [0, 0.1) is 0 Å². The van der Waals surface area contributed by atoms with Crippen LogP contribution in [-0.4, -0.2) is 13.8 Å². The topological polar surface area (TPSA) is 40.8 Å². The van der Waals surface area contributed by atoms with Gasteiger partial charge >= 0.3 is 0 Å². The van der Waals surface area contributed by atoms with Gasteiger partial charge in [0.1, 0.15) is 0 Å². The summed E-state index contributed by atoms with van der Waals surface area (Å²) in [6.45, 7) is 0. The van der Waals surface area contributed by atoms with E-state index in [9.17, 15) is 0 Å². The van der Waals surface area contributed by atoms with Gasteiger partial charge in [-0.1, -0.05) is 66.7 Å². The number of nitrogen functional groups attached to an aromatic ring is 1. The Labute approximate surface area is 231 Å². The van der Waals surface area contributed by atoms with Crippen LogP contribution in [0.1, 0.15) is 24.1 Å². The summed E-state index contributed by atoms with van der Waals surface area (Å²) in [5.41, 5.74) is 12.4. The monoisotopic (exact) mass is 516 g/mol. The van der Waals surface area contributed by atoms with Crippen molar-refractivity contribution < 1.29 is 0 Å². The van der Waals surface area contributed by atoms with E-state index in [-0.39, 0.29) is 0 Å². The Morgan fingerprint density at radius 2 is 1.40 bits per heavy atom. The third kappa shape index (κ3) is 2.75. The molecule has 192 valence electrons. The molecular weight excluding hydrogens is 488 g/mol. The number of hydrogen-bond donors (Lipinski definition) is 1. The molecule has 0 unspecified atom stereocenters. The molecule has 0 radical (unpaired) electrons. The van der Waals surface area contributed by atoms with Crippen molar-refractivity contribution in [2.24, 2.45) is 0 Å². The molecule has 4 aromatic carbocycles. The predicted molar refractivity (Wildman–Crippen MR) is 167 cm³/mol.